The molecule has 0 radical (unpaired) electrons. The molecule has 1 aromatic rings. The van der Waals surface area contributed by atoms with E-state index in [1.165, 1.54) is 13.8 Å². The van der Waals surface area contributed by atoms with Gasteiger partial charge in [0.05, 0.1) is 0 Å². The number of nitrogens with one attached hydrogen (secondary N) is 2. The molecule has 6 heteroatoms. The molecule has 3 unspecified atom stereocenters. The average molecular weight is 348 g/mol. The maximum absolute atomic E-state index is 12.1. The van der Waals surface area contributed by atoms with Gasteiger partial charge in [-0.15, -0.1) is 0 Å². The van der Waals surface area contributed by atoms with Crippen molar-refractivity contribution in [3.63, 3.8) is 0 Å². The van der Waals surface area contributed by atoms with Crippen LogP contribution in [0.25, 0.3) is 0 Å². The van der Waals surface area contributed by atoms with Crippen LogP contribution in [0.2, 0.25) is 0 Å². The van der Waals surface area contributed by atoms with Crippen molar-refractivity contribution in [3.05, 3.63) is 35.9 Å². The lowest BCUT2D eigenvalue weighted by Gasteiger charge is -2.25. The van der Waals surface area contributed by atoms with E-state index in [2.05, 4.69) is 24.5 Å². The molecule has 1 rings (SSSR count). The highest BCUT2D eigenvalue weighted by Gasteiger charge is 2.22. The molecule has 138 valence electrons. The molecule has 2 amide bonds. The minimum atomic E-state index is -0.820. The lowest BCUT2D eigenvalue weighted by Crippen LogP contribution is -2.45. The molecule has 0 spiro atoms. The van der Waals surface area contributed by atoms with Gasteiger partial charge in [-0.3, -0.25) is 9.59 Å². The van der Waals surface area contributed by atoms with E-state index < -0.39 is 12.1 Å². The number of Topliss-reactive ketones (excluding diaryl/α,β-unsaturated/α-hetero) is 1. The van der Waals surface area contributed by atoms with Gasteiger partial charge in [0.2, 0.25) is 5.91 Å². The summed E-state index contributed by atoms with van der Waals surface area (Å²) in [6.07, 6.45) is 1.03. The van der Waals surface area contributed by atoms with E-state index in [1.807, 2.05) is 30.3 Å². The summed E-state index contributed by atoms with van der Waals surface area (Å²) >= 11 is 0. The van der Waals surface area contributed by atoms with E-state index in [-0.39, 0.29) is 30.3 Å². The number of hydrogen-bond acceptors (Lipinski definition) is 4. The predicted molar refractivity (Wildman–Crippen MR) is 96.2 cm³/mol. The zero-order valence-corrected chi connectivity index (χ0v) is 15.4. The Hall–Kier alpha value is -2.37. The van der Waals surface area contributed by atoms with Gasteiger partial charge in [-0.2, -0.15) is 0 Å². The van der Waals surface area contributed by atoms with E-state index >= 15 is 0 Å². The minimum Gasteiger partial charge on any atom is -0.447 e. The summed E-state index contributed by atoms with van der Waals surface area (Å²) in [4.78, 5) is 34.7. The standard InChI is InChI=1S/C19H28N2O4/c1-5-13(2)17(11-16-9-7-6-8-10-16)21-19(24)25-12-18(14(3)22)20-15(4)23/h6-10,13,17-18H,5,11-12H2,1-4H3,(H,20,23)(H,21,24). The second-order valence-electron chi connectivity index (χ2n) is 6.29. The Morgan fingerprint density at radius 3 is 2.24 bits per heavy atom. The van der Waals surface area contributed by atoms with Gasteiger partial charge in [-0.25, -0.2) is 4.79 Å². The van der Waals surface area contributed by atoms with Gasteiger partial charge in [0.15, 0.2) is 5.78 Å². The van der Waals surface area contributed by atoms with Gasteiger partial charge in [0, 0.05) is 13.0 Å². The zero-order valence-electron chi connectivity index (χ0n) is 15.4. The van der Waals surface area contributed by atoms with Crippen LogP contribution in [-0.4, -0.2) is 36.5 Å². The van der Waals surface area contributed by atoms with Crippen LogP contribution in [0.1, 0.15) is 39.7 Å². The number of benzene rings is 1. The molecular formula is C19H28N2O4. The van der Waals surface area contributed by atoms with E-state index in [0.29, 0.717) is 6.42 Å². The van der Waals surface area contributed by atoms with Crippen molar-refractivity contribution < 1.29 is 19.1 Å². The SMILES string of the molecule is CCC(C)C(Cc1ccccc1)NC(=O)OCC(NC(C)=O)C(C)=O. The molecule has 0 fully saturated rings. The van der Waals surface area contributed by atoms with Crippen LogP contribution in [0.5, 0.6) is 0 Å². The largest absolute Gasteiger partial charge is 0.447 e. The number of amides is 2. The third-order valence-electron chi connectivity index (χ3n) is 4.18. The maximum Gasteiger partial charge on any atom is 0.407 e. The van der Waals surface area contributed by atoms with E-state index in [9.17, 15) is 14.4 Å². The molecule has 0 heterocycles. The third-order valence-corrected chi connectivity index (χ3v) is 4.18. The first kappa shape index (κ1) is 20.7. The fraction of sp³-hybridized carbons (Fsp3) is 0.526. The molecule has 1 aromatic carbocycles. The Kier molecular flexibility index (Phi) is 8.67. The fourth-order valence-corrected chi connectivity index (χ4v) is 2.41. The Labute approximate surface area is 149 Å². The summed E-state index contributed by atoms with van der Waals surface area (Å²) in [5, 5.41) is 5.35. The van der Waals surface area contributed by atoms with Crippen molar-refractivity contribution in [2.75, 3.05) is 6.61 Å². The van der Waals surface area contributed by atoms with Crippen LogP contribution in [0.15, 0.2) is 30.3 Å². The molecule has 0 aliphatic rings. The summed E-state index contributed by atoms with van der Waals surface area (Å²) in [5.74, 6) is -0.330. The first-order valence-electron chi connectivity index (χ1n) is 8.58. The van der Waals surface area contributed by atoms with Crippen molar-refractivity contribution >= 4 is 17.8 Å². The number of carbonyl (C=O) groups excluding carboxylic acids is 3. The minimum absolute atomic E-state index is 0.0727. The second-order valence-corrected chi connectivity index (χ2v) is 6.29. The van der Waals surface area contributed by atoms with Gasteiger partial charge >= 0.3 is 6.09 Å². The molecule has 6 nitrogen and oxygen atoms in total. The van der Waals surface area contributed by atoms with Crippen molar-refractivity contribution in [1.29, 1.82) is 0 Å². The summed E-state index contributed by atoms with van der Waals surface area (Å²) in [6, 6.07) is 9.03. The van der Waals surface area contributed by atoms with Gasteiger partial charge in [-0.05, 0) is 24.8 Å². The average Bonchev–Trinajstić information content (AvgIpc) is 2.57. The Bertz CT molecular complexity index is 574. The molecular weight excluding hydrogens is 320 g/mol. The predicted octanol–water partition coefficient (Wildman–Crippen LogP) is 2.46. The van der Waals surface area contributed by atoms with Crippen LogP contribution in [0.3, 0.4) is 0 Å². The number of rotatable bonds is 9. The summed E-state index contributed by atoms with van der Waals surface area (Å²) in [5.41, 5.74) is 1.13. The third kappa shape index (κ3) is 7.83. The molecule has 0 aromatic heterocycles. The van der Waals surface area contributed by atoms with Crippen LogP contribution in [0, 0.1) is 5.92 Å². The molecule has 2 N–H and O–H groups in total. The molecule has 0 saturated heterocycles. The highest BCUT2D eigenvalue weighted by atomic mass is 16.5. The molecule has 3 atom stereocenters. The fourth-order valence-electron chi connectivity index (χ4n) is 2.41. The Morgan fingerprint density at radius 1 is 1.08 bits per heavy atom. The monoisotopic (exact) mass is 348 g/mol. The zero-order chi connectivity index (χ0) is 18.8. The number of hydrogen-bond donors (Lipinski definition) is 2. The molecule has 0 saturated carbocycles. The van der Waals surface area contributed by atoms with Gasteiger partial charge in [0.1, 0.15) is 12.6 Å². The smallest absolute Gasteiger partial charge is 0.407 e. The van der Waals surface area contributed by atoms with E-state index in [0.717, 1.165) is 12.0 Å². The van der Waals surface area contributed by atoms with Crippen molar-refractivity contribution in [1.82, 2.24) is 10.6 Å². The quantitative estimate of drug-likeness (QED) is 0.718. The molecule has 0 bridgehead atoms. The topological polar surface area (TPSA) is 84.5 Å². The van der Waals surface area contributed by atoms with E-state index in [4.69, 9.17) is 4.74 Å². The van der Waals surface area contributed by atoms with E-state index in [1.54, 1.807) is 0 Å². The first-order valence-corrected chi connectivity index (χ1v) is 8.58. The summed E-state index contributed by atoms with van der Waals surface area (Å²) < 4.78 is 5.14. The van der Waals surface area contributed by atoms with Crippen LogP contribution in [-0.2, 0) is 20.7 Å². The Balaban J connectivity index is 2.62. The van der Waals surface area contributed by atoms with Crippen molar-refractivity contribution in [3.8, 4) is 0 Å². The number of alkyl carbamates (subject to hydrolysis) is 1. The first-order chi connectivity index (χ1) is 11.8. The highest BCUT2D eigenvalue weighted by molar-refractivity contribution is 5.87. The molecule has 0 aliphatic heterocycles. The lowest BCUT2D eigenvalue weighted by atomic mass is 9.93. The Morgan fingerprint density at radius 2 is 1.72 bits per heavy atom. The van der Waals surface area contributed by atoms with Crippen LogP contribution >= 0.6 is 0 Å². The maximum atomic E-state index is 12.1. The lowest BCUT2D eigenvalue weighted by molar-refractivity contribution is -0.126. The van der Waals surface area contributed by atoms with Gasteiger partial charge in [-0.1, -0.05) is 50.6 Å². The van der Waals surface area contributed by atoms with Crippen molar-refractivity contribution in [2.24, 2.45) is 5.92 Å². The molecule has 0 aliphatic carbocycles. The van der Waals surface area contributed by atoms with Gasteiger partial charge in [0.25, 0.3) is 0 Å². The normalized spacial score (nSPS) is 14.1. The van der Waals surface area contributed by atoms with Crippen molar-refractivity contribution in [2.45, 2.75) is 52.6 Å². The highest BCUT2D eigenvalue weighted by Crippen LogP contribution is 2.14. The summed E-state index contributed by atoms with van der Waals surface area (Å²) in [6.45, 7) is 6.62. The number of ketones is 1. The number of ether oxygens (including phenoxy) is 1. The molecule has 25 heavy (non-hydrogen) atoms. The van der Waals surface area contributed by atoms with Crippen LogP contribution in [0.4, 0.5) is 4.79 Å². The summed E-state index contributed by atoms with van der Waals surface area (Å²) in [7, 11) is 0. The second kappa shape index (κ2) is 10.5. The number of carbonyl (C=O) groups is 3. The van der Waals surface area contributed by atoms with Gasteiger partial charge < -0.3 is 15.4 Å². The van der Waals surface area contributed by atoms with Crippen LogP contribution < -0.4 is 10.6 Å².